The zero-order valence-electron chi connectivity index (χ0n) is 18.7. The van der Waals surface area contributed by atoms with Gasteiger partial charge < -0.3 is 15.2 Å². The number of alkyl carbamates (subject to hydrolysis) is 1. The van der Waals surface area contributed by atoms with Gasteiger partial charge in [0.2, 0.25) is 0 Å². The number of carbonyl (C=O) groups is 1. The molecule has 1 aliphatic rings. The highest BCUT2D eigenvalue weighted by Gasteiger charge is 2.28. The van der Waals surface area contributed by atoms with Crippen LogP contribution in [0.1, 0.15) is 57.0 Å². The fourth-order valence-electron chi connectivity index (χ4n) is 4.48. The first-order valence-corrected chi connectivity index (χ1v) is 10.7. The Bertz CT molecular complexity index is 1270. The summed E-state index contributed by atoms with van der Waals surface area (Å²) < 4.78 is 20.9. The lowest BCUT2D eigenvalue weighted by molar-refractivity contribution is 0.0506. The maximum absolute atomic E-state index is 14.1. The predicted molar refractivity (Wildman–Crippen MR) is 121 cm³/mol. The van der Waals surface area contributed by atoms with E-state index in [1.165, 1.54) is 28.8 Å². The van der Waals surface area contributed by atoms with E-state index in [0.717, 1.165) is 29.4 Å². The lowest BCUT2D eigenvalue weighted by atomic mass is 9.86. The highest BCUT2D eigenvalue weighted by Crippen LogP contribution is 2.37. The Morgan fingerprint density at radius 2 is 1.94 bits per heavy atom. The SMILES string of the molecule is C[C@H](NC(=O)OC(C)(C)C)c1c2c3c(ccc(O)c3c(=O)n1-c1cccc(F)c1)CCC2. The Balaban J connectivity index is 2.00. The molecule has 0 saturated heterocycles. The first kappa shape index (κ1) is 21.9. The second-order valence-corrected chi connectivity index (χ2v) is 9.20. The summed E-state index contributed by atoms with van der Waals surface area (Å²) in [6.45, 7) is 7.09. The van der Waals surface area contributed by atoms with Crippen LogP contribution in [0.5, 0.6) is 5.75 Å². The van der Waals surface area contributed by atoms with Gasteiger partial charge in [-0.15, -0.1) is 0 Å². The van der Waals surface area contributed by atoms with E-state index in [4.69, 9.17) is 4.74 Å². The zero-order valence-corrected chi connectivity index (χ0v) is 18.7. The lowest BCUT2D eigenvalue weighted by Crippen LogP contribution is -2.37. The fraction of sp³-hybridized carbons (Fsp3) is 0.360. The molecule has 0 fully saturated rings. The molecule has 0 radical (unpaired) electrons. The van der Waals surface area contributed by atoms with Gasteiger partial charge in [0.15, 0.2) is 0 Å². The molecule has 1 atom stereocenters. The molecule has 1 amide bonds. The summed E-state index contributed by atoms with van der Waals surface area (Å²) in [6, 6.07) is 8.50. The van der Waals surface area contributed by atoms with E-state index in [9.17, 15) is 19.1 Å². The average Bonchev–Trinajstić information content (AvgIpc) is 2.69. The standard InChI is InChI=1S/C25H27FN2O4/c1-14(27-24(31)32-25(2,3)4)22-18-10-5-7-15-11-12-19(29)21(20(15)18)23(30)28(22)17-9-6-8-16(26)13-17/h6,8-9,11-14,29H,5,7,10H2,1-4H3,(H,27,31)/t14-/m0/s1. The summed E-state index contributed by atoms with van der Waals surface area (Å²) in [5, 5.41) is 14.3. The molecular formula is C25H27FN2O4. The number of nitrogens with zero attached hydrogens (tertiary/aromatic N) is 1. The summed E-state index contributed by atoms with van der Waals surface area (Å²) in [5.74, 6) is -0.596. The van der Waals surface area contributed by atoms with Crippen molar-refractivity contribution in [2.45, 2.75) is 58.6 Å². The minimum absolute atomic E-state index is 0.110. The highest BCUT2D eigenvalue weighted by atomic mass is 19.1. The monoisotopic (exact) mass is 438 g/mol. The maximum atomic E-state index is 14.1. The number of ether oxygens (including phenoxy) is 1. The van der Waals surface area contributed by atoms with Crippen molar-refractivity contribution in [2.75, 3.05) is 0 Å². The van der Waals surface area contributed by atoms with Gasteiger partial charge in [-0.05, 0) is 87.7 Å². The number of phenolic OH excluding ortho intramolecular Hbond substituents is 1. The second kappa shape index (κ2) is 7.97. The molecule has 0 spiro atoms. The first-order chi connectivity index (χ1) is 15.1. The Morgan fingerprint density at radius 1 is 1.19 bits per heavy atom. The van der Waals surface area contributed by atoms with Gasteiger partial charge >= 0.3 is 6.09 Å². The van der Waals surface area contributed by atoms with Gasteiger partial charge in [0.25, 0.3) is 5.56 Å². The van der Waals surface area contributed by atoms with Crippen LogP contribution in [0.4, 0.5) is 9.18 Å². The number of halogens is 1. The van der Waals surface area contributed by atoms with Crippen molar-refractivity contribution in [1.82, 2.24) is 9.88 Å². The van der Waals surface area contributed by atoms with Gasteiger partial charge in [0.05, 0.1) is 22.8 Å². The van der Waals surface area contributed by atoms with Crippen molar-refractivity contribution >= 4 is 16.9 Å². The number of rotatable bonds is 3. The lowest BCUT2D eigenvalue weighted by Gasteiger charge is -2.29. The van der Waals surface area contributed by atoms with Crippen LogP contribution in [-0.2, 0) is 17.6 Å². The number of aromatic nitrogens is 1. The minimum atomic E-state index is -0.678. The number of benzene rings is 2. The van der Waals surface area contributed by atoms with Crippen LogP contribution in [0.2, 0.25) is 0 Å². The largest absolute Gasteiger partial charge is 0.507 e. The number of hydrogen-bond acceptors (Lipinski definition) is 4. The van der Waals surface area contributed by atoms with Crippen molar-refractivity contribution in [3.63, 3.8) is 0 Å². The van der Waals surface area contributed by atoms with E-state index in [2.05, 4.69) is 5.32 Å². The smallest absolute Gasteiger partial charge is 0.408 e. The third-order valence-electron chi connectivity index (χ3n) is 5.62. The molecule has 32 heavy (non-hydrogen) atoms. The molecule has 0 aliphatic heterocycles. The molecule has 7 heteroatoms. The van der Waals surface area contributed by atoms with E-state index in [1.807, 2.05) is 6.07 Å². The summed E-state index contributed by atoms with van der Waals surface area (Å²) >= 11 is 0. The molecular weight excluding hydrogens is 411 g/mol. The highest BCUT2D eigenvalue weighted by molar-refractivity contribution is 5.94. The number of nitrogens with one attached hydrogen (secondary N) is 1. The van der Waals surface area contributed by atoms with Crippen molar-refractivity contribution < 1.29 is 19.0 Å². The van der Waals surface area contributed by atoms with E-state index in [1.54, 1.807) is 33.8 Å². The second-order valence-electron chi connectivity index (χ2n) is 9.20. The minimum Gasteiger partial charge on any atom is -0.507 e. The number of carbonyl (C=O) groups excluding carboxylic acids is 1. The number of amides is 1. The molecule has 168 valence electrons. The van der Waals surface area contributed by atoms with Gasteiger partial charge in [-0.25, -0.2) is 9.18 Å². The molecule has 1 aromatic heterocycles. The summed E-state index contributed by atoms with van der Waals surface area (Å²) in [6.07, 6.45) is 1.71. The number of pyridine rings is 1. The van der Waals surface area contributed by atoms with Crippen molar-refractivity contribution in [1.29, 1.82) is 0 Å². The first-order valence-electron chi connectivity index (χ1n) is 10.7. The van der Waals surface area contributed by atoms with E-state index in [0.29, 0.717) is 17.8 Å². The van der Waals surface area contributed by atoms with Crippen LogP contribution in [0, 0.1) is 5.82 Å². The zero-order chi connectivity index (χ0) is 23.2. The molecule has 0 unspecified atom stereocenters. The quantitative estimate of drug-likeness (QED) is 0.609. The van der Waals surface area contributed by atoms with Crippen LogP contribution in [0.15, 0.2) is 41.2 Å². The molecule has 1 heterocycles. The van der Waals surface area contributed by atoms with Gasteiger partial charge in [-0.2, -0.15) is 0 Å². The normalized spacial score (nSPS) is 14.3. The maximum Gasteiger partial charge on any atom is 0.408 e. The van der Waals surface area contributed by atoms with Crippen LogP contribution < -0.4 is 10.9 Å². The third-order valence-corrected chi connectivity index (χ3v) is 5.62. The van der Waals surface area contributed by atoms with E-state index >= 15 is 0 Å². The average molecular weight is 438 g/mol. The molecule has 2 N–H and O–H groups in total. The van der Waals surface area contributed by atoms with Crippen LogP contribution in [0.3, 0.4) is 0 Å². The number of phenols is 1. The molecule has 2 aromatic carbocycles. The van der Waals surface area contributed by atoms with Gasteiger partial charge in [0.1, 0.15) is 17.2 Å². The van der Waals surface area contributed by atoms with E-state index in [-0.39, 0.29) is 11.1 Å². The van der Waals surface area contributed by atoms with Crippen molar-refractivity contribution in [3.8, 4) is 11.4 Å². The third kappa shape index (κ3) is 3.95. The Kier molecular flexibility index (Phi) is 5.44. The predicted octanol–water partition coefficient (Wildman–Crippen LogP) is 4.91. The Hall–Kier alpha value is -3.35. The molecule has 0 saturated carbocycles. The summed E-state index contributed by atoms with van der Waals surface area (Å²) in [7, 11) is 0. The molecule has 1 aliphatic carbocycles. The number of aromatic hydroxyl groups is 1. The number of aryl methyl sites for hydroxylation is 2. The van der Waals surface area contributed by atoms with Crippen LogP contribution >= 0.6 is 0 Å². The van der Waals surface area contributed by atoms with E-state index < -0.39 is 29.1 Å². The van der Waals surface area contributed by atoms with Crippen molar-refractivity contribution in [2.24, 2.45) is 0 Å². The molecule has 4 rings (SSSR count). The summed E-state index contributed by atoms with van der Waals surface area (Å²) in [4.78, 5) is 26.2. The fourth-order valence-corrected chi connectivity index (χ4v) is 4.48. The summed E-state index contributed by atoms with van der Waals surface area (Å²) in [5.41, 5.74) is 1.60. The molecule has 6 nitrogen and oxygen atoms in total. The Labute approximate surface area is 185 Å². The topological polar surface area (TPSA) is 80.6 Å². The Morgan fingerprint density at radius 3 is 2.62 bits per heavy atom. The van der Waals surface area contributed by atoms with Gasteiger partial charge in [0, 0.05) is 0 Å². The van der Waals surface area contributed by atoms with Gasteiger partial charge in [-0.1, -0.05) is 12.1 Å². The van der Waals surface area contributed by atoms with Crippen molar-refractivity contribution in [3.05, 3.63) is 69.4 Å². The number of hydrogen-bond donors (Lipinski definition) is 2. The van der Waals surface area contributed by atoms with Crippen LogP contribution in [0.25, 0.3) is 16.5 Å². The van der Waals surface area contributed by atoms with Gasteiger partial charge in [-0.3, -0.25) is 9.36 Å². The molecule has 0 bridgehead atoms. The van der Waals surface area contributed by atoms with Crippen LogP contribution in [-0.4, -0.2) is 21.4 Å². The molecule has 3 aromatic rings.